The van der Waals surface area contributed by atoms with Gasteiger partial charge in [-0.05, 0) is 60.6 Å². The average Bonchev–Trinajstić information content (AvgIpc) is 2.66. The van der Waals surface area contributed by atoms with Gasteiger partial charge >= 0.3 is 0 Å². The summed E-state index contributed by atoms with van der Waals surface area (Å²) < 4.78 is 11.5. The largest absolute Gasteiger partial charge is 0.497 e. The molecule has 0 aromatic heterocycles. The molecule has 0 aliphatic carbocycles. The number of nitrogens with one attached hydrogen (secondary N) is 3. The van der Waals surface area contributed by atoms with E-state index in [1.807, 2.05) is 19.1 Å². The highest BCUT2D eigenvalue weighted by atomic mass is 79.9. The van der Waals surface area contributed by atoms with Crippen LogP contribution >= 0.6 is 28.1 Å². The van der Waals surface area contributed by atoms with Crippen LogP contribution in [0.2, 0.25) is 0 Å². The predicted molar refractivity (Wildman–Crippen MR) is 113 cm³/mol. The third-order valence-electron chi connectivity index (χ3n) is 3.59. The summed E-state index contributed by atoms with van der Waals surface area (Å²) in [5, 5.41) is 2.41. The Morgan fingerprint density at radius 1 is 1.07 bits per heavy atom. The Labute approximate surface area is 176 Å². The third-order valence-corrected chi connectivity index (χ3v) is 4.29. The maximum absolute atomic E-state index is 11.9. The van der Waals surface area contributed by atoms with E-state index in [9.17, 15) is 9.59 Å². The van der Waals surface area contributed by atoms with Crippen LogP contribution in [0.1, 0.15) is 11.1 Å². The van der Waals surface area contributed by atoms with Gasteiger partial charge in [0.15, 0.2) is 11.7 Å². The second kappa shape index (κ2) is 10.6. The van der Waals surface area contributed by atoms with Crippen LogP contribution in [-0.4, -0.2) is 30.6 Å². The Balaban J connectivity index is 1.70. The predicted octanol–water partition coefficient (Wildman–Crippen LogP) is 2.41. The summed E-state index contributed by atoms with van der Waals surface area (Å²) in [7, 11) is 1.58. The van der Waals surface area contributed by atoms with Crippen molar-refractivity contribution >= 4 is 45.1 Å². The smallest absolute Gasteiger partial charge is 0.264 e. The number of benzene rings is 2. The molecule has 0 spiro atoms. The van der Waals surface area contributed by atoms with Crippen molar-refractivity contribution in [2.45, 2.75) is 13.3 Å². The molecule has 3 N–H and O–H groups in total. The SMILES string of the molecule is COc1ccc(CC(=O)NNC(=S)NC(=O)COc2ccc(Br)cc2C)cc1. The molecule has 7 nitrogen and oxygen atoms in total. The molecule has 28 heavy (non-hydrogen) atoms. The molecule has 2 amide bonds. The number of carbonyl (C=O) groups excluding carboxylic acids is 2. The van der Waals surface area contributed by atoms with Gasteiger partial charge in [0.25, 0.3) is 5.91 Å². The number of aryl methyl sites for hydroxylation is 1. The molecule has 2 aromatic rings. The normalized spacial score (nSPS) is 9.96. The van der Waals surface area contributed by atoms with Gasteiger partial charge in [0.1, 0.15) is 11.5 Å². The zero-order chi connectivity index (χ0) is 20.5. The summed E-state index contributed by atoms with van der Waals surface area (Å²) in [5.74, 6) is 0.574. The first-order valence-corrected chi connectivity index (χ1v) is 9.48. The van der Waals surface area contributed by atoms with Gasteiger partial charge in [-0.3, -0.25) is 25.8 Å². The fraction of sp³-hybridized carbons (Fsp3) is 0.211. The Hall–Kier alpha value is -2.65. The van der Waals surface area contributed by atoms with Crippen LogP contribution in [-0.2, 0) is 16.0 Å². The molecule has 0 saturated carbocycles. The van der Waals surface area contributed by atoms with Crippen LogP contribution < -0.4 is 25.6 Å². The van der Waals surface area contributed by atoms with Gasteiger partial charge in [-0.2, -0.15) is 0 Å². The molecule has 148 valence electrons. The number of methoxy groups -OCH3 is 1. The van der Waals surface area contributed by atoms with Crippen molar-refractivity contribution in [3.05, 3.63) is 58.1 Å². The zero-order valence-electron chi connectivity index (χ0n) is 15.4. The number of ether oxygens (including phenoxy) is 2. The molecule has 0 aliphatic rings. The van der Waals surface area contributed by atoms with Crippen LogP contribution in [0.5, 0.6) is 11.5 Å². The van der Waals surface area contributed by atoms with Crippen molar-refractivity contribution < 1.29 is 19.1 Å². The molecule has 0 unspecified atom stereocenters. The van der Waals surface area contributed by atoms with E-state index in [0.29, 0.717) is 11.5 Å². The third kappa shape index (κ3) is 7.16. The lowest BCUT2D eigenvalue weighted by Gasteiger charge is -2.12. The lowest BCUT2D eigenvalue weighted by atomic mass is 10.1. The summed E-state index contributed by atoms with van der Waals surface area (Å²) in [6.45, 7) is 1.67. The summed E-state index contributed by atoms with van der Waals surface area (Å²) in [6, 6.07) is 12.6. The maximum atomic E-state index is 11.9. The molecule has 9 heteroatoms. The number of amides is 2. The van der Waals surface area contributed by atoms with Gasteiger partial charge in [-0.25, -0.2) is 0 Å². The zero-order valence-corrected chi connectivity index (χ0v) is 17.8. The van der Waals surface area contributed by atoms with Crippen molar-refractivity contribution in [3.63, 3.8) is 0 Å². The Morgan fingerprint density at radius 2 is 1.79 bits per heavy atom. The molecule has 0 fully saturated rings. The molecule has 0 atom stereocenters. The highest BCUT2D eigenvalue weighted by molar-refractivity contribution is 9.10. The van der Waals surface area contributed by atoms with E-state index >= 15 is 0 Å². The molecular formula is C19H20BrN3O4S. The Bertz CT molecular complexity index is 859. The first kappa shape index (κ1) is 21.6. The molecule has 0 aliphatic heterocycles. The van der Waals surface area contributed by atoms with Crippen LogP contribution in [0.25, 0.3) is 0 Å². The minimum atomic E-state index is -0.441. The summed E-state index contributed by atoms with van der Waals surface area (Å²) in [5.41, 5.74) is 6.63. The van der Waals surface area contributed by atoms with Crippen LogP contribution in [0.4, 0.5) is 0 Å². The van der Waals surface area contributed by atoms with Crippen molar-refractivity contribution in [1.29, 1.82) is 0 Å². The first-order valence-electron chi connectivity index (χ1n) is 8.28. The number of carbonyl (C=O) groups is 2. The molecule has 0 bridgehead atoms. The van der Waals surface area contributed by atoms with Crippen molar-refractivity contribution in [1.82, 2.24) is 16.2 Å². The second-order valence-electron chi connectivity index (χ2n) is 5.77. The molecular weight excluding hydrogens is 446 g/mol. The van der Waals surface area contributed by atoms with Crippen LogP contribution in [0.3, 0.4) is 0 Å². The number of thiocarbonyl (C=S) groups is 1. The van der Waals surface area contributed by atoms with E-state index in [4.69, 9.17) is 21.7 Å². The van der Waals surface area contributed by atoms with Gasteiger partial charge in [-0.15, -0.1) is 0 Å². The fourth-order valence-electron chi connectivity index (χ4n) is 2.21. The molecule has 0 radical (unpaired) electrons. The lowest BCUT2D eigenvalue weighted by molar-refractivity contribution is -0.122. The Morgan fingerprint density at radius 3 is 2.43 bits per heavy atom. The van der Waals surface area contributed by atoms with Crippen LogP contribution in [0.15, 0.2) is 46.9 Å². The summed E-state index contributed by atoms with van der Waals surface area (Å²) >= 11 is 8.35. The number of hydrogen-bond donors (Lipinski definition) is 3. The van der Waals surface area contributed by atoms with Crippen molar-refractivity contribution in [3.8, 4) is 11.5 Å². The maximum Gasteiger partial charge on any atom is 0.264 e. The first-order chi connectivity index (χ1) is 13.4. The number of halogens is 1. The van der Waals surface area contributed by atoms with Crippen LogP contribution in [0, 0.1) is 6.92 Å². The minimum Gasteiger partial charge on any atom is -0.497 e. The fourth-order valence-corrected chi connectivity index (χ4v) is 2.85. The highest BCUT2D eigenvalue weighted by Gasteiger charge is 2.09. The standard InChI is InChI=1S/C19H20BrN3O4S/c1-12-9-14(20)5-8-16(12)27-11-18(25)21-19(28)23-22-17(24)10-13-3-6-15(26-2)7-4-13/h3-9H,10-11H2,1-2H3,(H,22,24)(H2,21,23,25,28). The van der Waals surface area contributed by atoms with Crippen molar-refractivity contribution in [2.75, 3.05) is 13.7 Å². The topological polar surface area (TPSA) is 88.7 Å². The Kier molecular flexibility index (Phi) is 8.21. The number of hydrogen-bond acceptors (Lipinski definition) is 5. The summed E-state index contributed by atoms with van der Waals surface area (Å²) in [6.07, 6.45) is 0.152. The van der Waals surface area contributed by atoms with Crippen molar-refractivity contribution in [2.24, 2.45) is 0 Å². The van der Waals surface area contributed by atoms with E-state index in [2.05, 4.69) is 32.1 Å². The van der Waals surface area contributed by atoms with Gasteiger partial charge in [0.05, 0.1) is 13.5 Å². The molecule has 0 heterocycles. The molecule has 0 saturated heterocycles. The summed E-state index contributed by atoms with van der Waals surface area (Å²) in [4.78, 5) is 23.8. The molecule has 2 rings (SSSR count). The van der Waals surface area contributed by atoms with Gasteiger partial charge in [-0.1, -0.05) is 28.1 Å². The monoisotopic (exact) mass is 465 g/mol. The quantitative estimate of drug-likeness (QED) is 0.448. The number of hydrazine groups is 1. The second-order valence-corrected chi connectivity index (χ2v) is 7.10. The number of rotatable bonds is 6. The minimum absolute atomic E-state index is 0.0239. The van der Waals surface area contributed by atoms with E-state index in [0.717, 1.165) is 15.6 Å². The van der Waals surface area contributed by atoms with E-state index in [1.54, 1.807) is 37.4 Å². The molecule has 2 aromatic carbocycles. The average molecular weight is 466 g/mol. The van der Waals surface area contributed by atoms with E-state index in [1.165, 1.54) is 0 Å². The van der Waals surface area contributed by atoms with Gasteiger partial charge in [0.2, 0.25) is 5.91 Å². The van der Waals surface area contributed by atoms with Gasteiger partial charge < -0.3 is 9.47 Å². The van der Waals surface area contributed by atoms with E-state index < -0.39 is 5.91 Å². The lowest BCUT2D eigenvalue weighted by Crippen LogP contribution is -2.49. The van der Waals surface area contributed by atoms with Gasteiger partial charge in [0, 0.05) is 4.47 Å². The highest BCUT2D eigenvalue weighted by Crippen LogP contribution is 2.21. The van der Waals surface area contributed by atoms with E-state index in [-0.39, 0.29) is 24.0 Å².